The summed E-state index contributed by atoms with van der Waals surface area (Å²) in [5.74, 6) is 0.175. The van der Waals surface area contributed by atoms with E-state index in [9.17, 15) is 8.78 Å². The SMILES string of the molecule is Cc1cccc(C)c1OCCOC(F)(F)C1CC1. The minimum absolute atomic E-state index is 0.0860. The summed E-state index contributed by atoms with van der Waals surface area (Å²) in [6, 6.07) is 5.80. The maximum Gasteiger partial charge on any atom is 0.358 e. The van der Waals surface area contributed by atoms with Gasteiger partial charge in [0.25, 0.3) is 0 Å². The molecule has 0 aliphatic heterocycles. The van der Waals surface area contributed by atoms with Crippen LogP contribution in [0.15, 0.2) is 18.2 Å². The fraction of sp³-hybridized carbons (Fsp3) is 0.571. The first-order valence-electron chi connectivity index (χ1n) is 6.21. The van der Waals surface area contributed by atoms with Crippen LogP contribution in [0.3, 0.4) is 0 Å². The van der Waals surface area contributed by atoms with Gasteiger partial charge >= 0.3 is 6.11 Å². The van der Waals surface area contributed by atoms with Gasteiger partial charge in [-0.05, 0) is 37.8 Å². The lowest BCUT2D eigenvalue weighted by Crippen LogP contribution is -2.26. The maximum atomic E-state index is 13.2. The lowest BCUT2D eigenvalue weighted by atomic mass is 10.1. The summed E-state index contributed by atoms with van der Waals surface area (Å²) in [4.78, 5) is 0. The number of ether oxygens (including phenoxy) is 2. The molecule has 0 aromatic heterocycles. The first-order chi connectivity index (χ1) is 8.50. The summed E-state index contributed by atoms with van der Waals surface area (Å²) < 4.78 is 36.5. The highest BCUT2D eigenvalue weighted by molar-refractivity contribution is 5.39. The Kier molecular flexibility index (Phi) is 3.85. The van der Waals surface area contributed by atoms with Gasteiger partial charge in [-0.1, -0.05) is 18.2 Å². The zero-order chi connectivity index (χ0) is 13.2. The van der Waals surface area contributed by atoms with E-state index in [1.54, 1.807) is 0 Å². The van der Waals surface area contributed by atoms with Crippen LogP contribution < -0.4 is 4.74 Å². The molecule has 2 nitrogen and oxygen atoms in total. The molecule has 0 amide bonds. The van der Waals surface area contributed by atoms with E-state index in [1.807, 2.05) is 32.0 Å². The molecule has 0 radical (unpaired) electrons. The summed E-state index contributed by atoms with van der Waals surface area (Å²) in [6.45, 7) is 3.93. The molecule has 1 aliphatic carbocycles. The Labute approximate surface area is 106 Å². The standard InChI is InChI=1S/C14H18F2O2/c1-10-4-3-5-11(2)13(10)17-8-9-18-14(15,16)12-6-7-12/h3-5,12H,6-9H2,1-2H3. The molecule has 0 bridgehead atoms. The molecule has 0 N–H and O–H groups in total. The number of rotatable bonds is 6. The van der Waals surface area contributed by atoms with E-state index in [1.165, 1.54) is 0 Å². The third-order valence-electron chi connectivity index (χ3n) is 3.09. The summed E-state index contributed by atoms with van der Waals surface area (Å²) in [7, 11) is 0. The Bertz CT molecular complexity index is 394. The highest BCUT2D eigenvalue weighted by atomic mass is 19.3. The molecule has 100 valence electrons. The van der Waals surface area contributed by atoms with Crippen molar-refractivity contribution in [2.75, 3.05) is 13.2 Å². The van der Waals surface area contributed by atoms with Crippen LogP contribution in [0.2, 0.25) is 0 Å². The molecule has 4 heteroatoms. The fourth-order valence-electron chi connectivity index (χ4n) is 1.89. The molecule has 0 atom stereocenters. The van der Waals surface area contributed by atoms with Crippen LogP contribution in [-0.4, -0.2) is 19.3 Å². The van der Waals surface area contributed by atoms with Crippen molar-refractivity contribution in [3.63, 3.8) is 0 Å². The van der Waals surface area contributed by atoms with Gasteiger partial charge in [0.15, 0.2) is 0 Å². The smallest absolute Gasteiger partial charge is 0.358 e. The average Bonchev–Trinajstić information content (AvgIpc) is 3.11. The summed E-state index contributed by atoms with van der Waals surface area (Å²) in [5, 5.41) is 0. The van der Waals surface area contributed by atoms with Crippen molar-refractivity contribution in [1.29, 1.82) is 0 Å². The van der Waals surface area contributed by atoms with Crippen LogP contribution in [0.1, 0.15) is 24.0 Å². The number of aryl methyl sites for hydroxylation is 2. The van der Waals surface area contributed by atoms with E-state index in [0.29, 0.717) is 12.8 Å². The minimum Gasteiger partial charge on any atom is -0.491 e. The topological polar surface area (TPSA) is 18.5 Å². The van der Waals surface area contributed by atoms with Crippen LogP contribution in [0, 0.1) is 19.8 Å². The zero-order valence-corrected chi connectivity index (χ0v) is 10.7. The lowest BCUT2D eigenvalue weighted by molar-refractivity contribution is -0.254. The molecular formula is C14H18F2O2. The van der Waals surface area contributed by atoms with Gasteiger partial charge in [0, 0.05) is 0 Å². The van der Waals surface area contributed by atoms with Crippen molar-refractivity contribution < 1.29 is 18.3 Å². The van der Waals surface area contributed by atoms with Gasteiger partial charge in [-0.25, -0.2) is 0 Å². The molecule has 2 rings (SSSR count). The van der Waals surface area contributed by atoms with E-state index in [4.69, 9.17) is 4.74 Å². The quantitative estimate of drug-likeness (QED) is 0.722. The highest BCUT2D eigenvalue weighted by Gasteiger charge is 2.47. The van der Waals surface area contributed by atoms with E-state index in [2.05, 4.69) is 4.74 Å². The second kappa shape index (κ2) is 5.22. The van der Waals surface area contributed by atoms with E-state index >= 15 is 0 Å². The van der Waals surface area contributed by atoms with Gasteiger partial charge in [-0.15, -0.1) is 0 Å². The van der Waals surface area contributed by atoms with Gasteiger partial charge in [0.05, 0.1) is 12.5 Å². The van der Waals surface area contributed by atoms with Gasteiger partial charge in [0.1, 0.15) is 12.4 Å². The molecule has 0 saturated heterocycles. The number of alkyl halides is 2. The predicted molar refractivity (Wildman–Crippen MR) is 65.0 cm³/mol. The molecule has 1 fully saturated rings. The molecule has 1 saturated carbocycles. The Morgan fingerprint density at radius 1 is 1.17 bits per heavy atom. The van der Waals surface area contributed by atoms with Crippen LogP contribution in [0.25, 0.3) is 0 Å². The van der Waals surface area contributed by atoms with Crippen LogP contribution >= 0.6 is 0 Å². The second-order valence-electron chi connectivity index (χ2n) is 4.75. The van der Waals surface area contributed by atoms with Crippen LogP contribution in [0.4, 0.5) is 8.78 Å². The summed E-state index contributed by atoms with van der Waals surface area (Å²) in [6.07, 6.45) is -1.86. The third kappa shape index (κ3) is 3.19. The normalized spacial score (nSPS) is 15.8. The summed E-state index contributed by atoms with van der Waals surface area (Å²) in [5.41, 5.74) is 2.01. The van der Waals surface area contributed by atoms with Crippen molar-refractivity contribution in [1.82, 2.24) is 0 Å². The van der Waals surface area contributed by atoms with Gasteiger partial charge in [-0.2, -0.15) is 8.78 Å². The molecule has 0 spiro atoms. The summed E-state index contributed by atoms with van der Waals surface area (Å²) >= 11 is 0. The Morgan fingerprint density at radius 3 is 2.33 bits per heavy atom. The zero-order valence-electron chi connectivity index (χ0n) is 10.7. The van der Waals surface area contributed by atoms with Crippen molar-refractivity contribution >= 4 is 0 Å². The van der Waals surface area contributed by atoms with Crippen molar-refractivity contribution in [2.45, 2.75) is 32.8 Å². The van der Waals surface area contributed by atoms with E-state index in [0.717, 1.165) is 16.9 Å². The molecular weight excluding hydrogens is 238 g/mol. The van der Waals surface area contributed by atoms with E-state index < -0.39 is 12.0 Å². The first kappa shape index (κ1) is 13.3. The van der Waals surface area contributed by atoms with Crippen LogP contribution in [0.5, 0.6) is 5.75 Å². The fourth-order valence-corrected chi connectivity index (χ4v) is 1.89. The first-order valence-corrected chi connectivity index (χ1v) is 6.21. The number of halogens is 2. The Morgan fingerprint density at radius 2 is 1.78 bits per heavy atom. The highest BCUT2D eigenvalue weighted by Crippen LogP contribution is 2.43. The van der Waals surface area contributed by atoms with Crippen molar-refractivity contribution in [3.05, 3.63) is 29.3 Å². The molecule has 1 aromatic rings. The lowest BCUT2D eigenvalue weighted by Gasteiger charge is -2.17. The monoisotopic (exact) mass is 256 g/mol. The Hall–Kier alpha value is -1.16. The maximum absolute atomic E-state index is 13.2. The van der Waals surface area contributed by atoms with Crippen molar-refractivity contribution in [2.24, 2.45) is 5.92 Å². The van der Waals surface area contributed by atoms with Crippen molar-refractivity contribution in [3.8, 4) is 5.75 Å². The van der Waals surface area contributed by atoms with Crippen LogP contribution in [-0.2, 0) is 4.74 Å². The molecule has 1 aromatic carbocycles. The number of hydrogen-bond donors (Lipinski definition) is 0. The largest absolute Gasteiger partial charge is 0.491 e. The third-order valence-corrected chi connectivity index (χ3v) is 3.09. The molecule has 1 aliphatic rings. The van der Waals surface area contributed by atoms with Gasteiger partial charge in [0.2, 0.25) is 0 Å². The molecule has 18 heavy (non-hydrogen) atoms. The van der Waals surface area contributed by atoms with E-state index in [-0.39, 0.29) is 13.2 Å². The molecule has 0 heterocycles. The average molecular weight is 256 g/mol. The second-order valence-corrected chi connectivity index (χ2v) is 4.75. The minimum atomic E-state index is -2.98. The van der Waals surface area contributed by atoms with Gasteiger partial charge in [-0.3, -0.25) is 0 Å². The Balaban J connectivity index is 1.78. The number of benzene rings is 1. The van der Waals surface area contributed by atoms with Gasteiger partial charge < -0.3 is 9.47 Å². The predicted octanol–water partition coefficient (Wildman–Crippen LogP) is 3.70. The molecule has 0 unspecified atom stereocenters. The number of para-hydroxylation sites is 1. The number of hydrogen-bond acceptors (Lipinski definition) is 2.